The van der Waals surface area contributed by atoms with Crippen LogP contribution in [0.3, 0.4) is 0 Å². The zero-order chi connectivity index (χ0) is 15.8. The highest BCUT2D eigenvalue weighted by Gasteiger charge is 2.10. The summed E-state index contributed by atoms with van der Waals surface area (Å²) in [6.07, 6.45) is 3.43. The van der Waals surface area contributed by atoms with Crippen LogP contribution in [0.25, 0.3) is 32.8 Å². The van der Waals surface area contributed by atoms with Gasteiger partial charge in [-0.05, 0) is 52.9 Å². The first-order valence-electron chi connectivity index (χ1n) is 7.31. The van der Waals surface area contributed by atoms with Crippen molar-refractivity contribution < 1.29 is 4.74 Å². The molecule has 23 heavy (non-hydrogen) atoms. The van der Waals surface area contributed by atoms with E-state index in [1.165, 1.54) is 0 Å². The summed E-state index contributed by atoms with van der Waals surface area (Å²) in [4.78, 5) is 19.0. The number of aromatic amines is 1. The monoisotopic (exact) mass is 302 g/mol. The Hall–Kier alpha value is -3.14. The maximum absolute atomic E-state index is 11.8. The van der Waals surface area contributed by atoms with E-state index in [-0.39, 0.29) is 5.56 Å². The van der Waals surface area contributed by atoms with Crippen LogP contribution < -0.4 is 10.3 Å². The molecular weight excluding hydrogens is 288 g/mol. The number of nitrogens with one attached hydrogen (secondary N) is 1. The summed E-state index contributed by atoms with van der Waals surface area (Å²) in [6.45, 7) is 0. The van der Waals surface area contributed by atoms with Crippen molar-refractivity contribution in [3.8, 4) is 16.9 Å². The van der Waals surface area contributed by atoms with Crippen LogP contribution >= 0.6 is 0 Å². The van der Waals surface area contributed by atoms with Gasteiger partial charge in [-0.2, -0.15) is 0 Å². The Labute approximate surface area is 132 Å². The second-order valence-electron chi connectivity index (χ2n) is 5.32. The molecule has 2 aromatic heterocycles. The van der Waals surface area contributed by atoms with Crippen molar-refractivity contribution >= 4 is 21.7 Å². The van der Waals surface area contributed by atoms with Crippen LogP contribution in [0.5, 0.6) is 5.75 Å². The fourth-order valence-electron chi connectivity index (χ4n) is 2.92. The quantitative estimate of drug-likeness (QED) is 0.613. The van der Waals surface area contributed by atoms with E-state index in [4.69, 9.17) is 4.74 Å². The van der Waals surface area contributed by atoms with Crippen LogP contribution in [0.4, 0.5) is 0 Å². The molecule has 0 atom stereocenters. The summed E-state index contributed by atoms with van der Waals surface area (Å²) in [5, 5.41) is 2.63. The zero-order valence-corrected chi connectivity index (χ0v) is 12.5. The number of benzene rings is 2. The molecule has 0 fully saturated rings. The summed E-state index contributed by atoms with van der Waals surface area (Å²) >= 11 is 0. The van der Waals surface area contributed by atoms with Crippen LogP contribution in [0.1, 0.15) is 0 Å². The van der Waals surface area contributed by atoms with Crippen LogP contribution in [0, 0.1) is 0 Å². The van der Waals surface area contributed by atoms with E-state index in [0.717, 1.165) is 33.2 Å². The fourth-order valence-corrected chi connectivity index (χ4v) is 2.92. The molecule has 0 bridgehead atoms. The minimum atomic E-state index is -0.0738. The molecule has 0 unspecified atom stereocenters. The molecule has 112 valence electrons. The van der Waals surface area contributed by atoms with Gasteiger partial charge in [-0.25, -0.2) is 0 Å². The van der Waals surface area contributed by atoms with Crippen LogP contribution in [0.15, 0.2) is 65.7 Å². The number of rotatable bonds is 2. The normalized spacial score (nSPS) is 11.0. The van der Waals surface area contributed by atoms with E-state index in [2.05, 4.69) is 9.97 Å². The Morgan fingerprint density at radius 2 is 1.96 bits per heavy atom. The van der Waals surface area contributed by atoms with Crippen molar-refractivity contribution in [1.29, 1.82) is 0 Å². The summed E-state index contributed by atoms with van der Waals surface area (Å²) in [7, 11) is 1.64. The Kier molecular flexibility index (Phi) is 3.08. The predicted octanol–water partition coefficient (Wildman–Crippen LogP) is 3.75. The molecule has 0 aliphatic carbocycles. The highest BCUT2D eigenvalue weighted by atomic mass is 16.5. The minimum absolute atomic E-state index is 0.0738. The maximum atomic E-state index is 11.8. The number of nitrogens with zero attached hydrogens (tertiary/aromatic N) is 1. The summed E-state index contributed by atoms with van der Waals surface area (Å²) in [6, 6.07) is 15.6. The number of ether oxygens (including phenoxy) is 1. The largest absolute Gasteiger partial charge is 0.494 e. The third-order valence-corrected chi connectivity index (χ3v) is 4.04. The SMILES string of the molecule is COc1ccc(-c2ccc3c(=O)[nH]ccc3c2)c2cccnc12. The number of aromatic nitrogens is 2. The summed E-state index contributed by atoms with van der Waals surface area (Å²) < 4.78 is 5.40. The lowest BCUT2D eigenvalue weighted by atomic mass is 9.98. The molecule has 0 aliphatic heterocycles. The Morgan fingerprint density at radius 3 is 2.83 bits per heavy atom. The Bertz CT molecular complexity index is 1080. The molecule has 0 saturated carbocycles. The smallest absolute Gasteiger partial charge is 0.255 e. The number of H-pyrrole nitrogens is 1. The van der Waals surface area contributed by atoms with Gasteiger partial charge in [0.05, 0.1) is 7.11 Å². The van der Waals surface area contributed by atoms with Gasteiger partial charge in [0, 0.05) is 23.2 Å². The van der Waals surface area contributed by atoms with Gasteiger partial charge in [0.15, 0.2) is 0 Å². The van der Waals surface area contributed by atoms with E-state index >= 15 is 0 Å². The average molecular weight is 302 g/mol. The molecule has 0 radical (unpaired) electrons. The molecule has 0 spiro atoms. The number of hydrogen-bond donors (Lipinski definition) is 1. The molecule has 2 aromatic carbocycles. The predicted molar refractivity (Wildman–Crippen MR) is 91.9 cm³/mol. The average Bonchev–Trinajstić information content (AvgIpc) is 2.60. The topological polar surface area (TPSA) is 55.0 Å². The molecule has 4 aromatic rings. The van der Waals surface area contributed by atoms with Gasteiger partial charge in [0.1, 0.15) is 11.3 Å². The molecular formula is C19H14N2O2. The van der Waals surface area contributed by atoms with Crippen LogP contribution in [-0.4, -0.2) is 17.1 Å². The van der Waals surface area contributed by atoms with Gasteiger partial charge in [-0.1, -0.05) is 12.1 Å². The number of pyridine rings is 2. The molecule has 0 aliphatic rings. The molecule has 1 N–H and O–H groups in total. The Morgan fingerprint density at radius 1 is 1.04 bits per heavy atom. The van der Waals surface area contributed by atoms with Crippen molar-refractivity contribution in [3.05, 3.63) is 71.3 Å². The minimum Gasteiger partial charge on any atom is -0.494 e. The molecule has 0 amide bonds. The zero-order valence-electron chi connectivity index (χ0n) is 12.5. The third-order valence-electron chi connectivity index (χ3n) is 4.04. The first-order valence-corrected chi connectivity index (χ1v) is 7.31. The van der Waals surface area contributed by atoms with E-state index in [1.54, 1.807) is 19.5 Å². The summed E-state index contributed by atoms with van der Waals surface area (Å²) in [5.74, 6) is 0.751. The lowest BCUT2D eigenvalue weighted by molar-refractivity contribution is 0.419. The van der Waals surface area contributed by atoms with E-state index in [9.17, 15) is 4.79 Å². The summed E-state index contributed by atoms with van der Waals surface area (Å²) in [5.41, 5.74) is 2.87. The van der Waals surface area contributed by atoms with Crippen molar-refractivity contribution in [2.45, 2.75) is 0 Å². The van der Waals surface area contributed by atoms with E-state index in [0.29, 0.717) is 5.39 Å². The van der Waals surface area contributed by atoms with Gasteiger partial charge in [0.25, 0.3) is 5.56 Å². The number of methoxy groups -OCH3 is 1. The van der Waals surface area contributed by atoms with Gasteiger partial charge in [-0.3, -0.25) is 9.78 Å². The highest BCUT2D eigenvalue weighted by molar-refractivity contribution is 5.99. The van der Waals surface area contributed by atoms with Gasteiger partial charge in [-0.15, -0.1) is 0 Å². The van der Waals surface area contributed by atoms with Gasteiger partial charge in [0.2, 0.25) is 0 Å². The molecule has 4 heteroatoms. The van der Waals surface area contributed by atoms with Crippen molar-refractivity contribution in [1.82, 2.24) is 9.97 Å². The second-order valence-corrected chi connectivity index (χ2v) is 5.32. The second kappa shape index (κ2) is 5.25. The molecule has 0 saturated heterocycles. The Balaban J connectivity index is 2.01. The third kappa shape index (κ3) is 2.16. The molecule has 4 nitrogen and oxygen atoms in total. The van der Waals surface area contributed by atoms with E-state index in [1.807, 2.05) is 48.5 Å². The fraction of sp³-hybridized carbons (Fsp3) is 0.0526. The lowest BCUT2D eigenvalue weighted by Crippen LogP contribution is -2.03. The van der Waals surface area contributed by atoms with Crippen LogP contribution in [-0.2, 0) is 0 Å². The van der Waals surface area contributed by atoms with Crippen molar-refractivity contribution in [3.63, 3.8) is 0 Å². The molecule has 2 heterocycles. The highest BCUT2D eigenvalue weighted by Crippen LogP contribution is 2.33. The first-order chi connectivity index (χ1) is 11.3. The lowest BCUT2D eigenvalue weighted by Gasteiger charge is -2.10. The van der Waals surface area contributed by atoms with Crippen LogP contribution in [0.2, 0.25) is 0 Å². The number of fused-ring (bicyclic) bond motifs is 2. The van der Waals surface area contributed by atoms with E-state index < -0.39 is 0 Å². The standard InChI is InChI=1S/C19H14N2O2/c1-23-17-7-6-14(16-3-2-9-20-18(16)17)12-4-5-15-13(11-12)8-10-21-19(15)22/h2-11H,1H3,(H,21,22). The molecule has 4 rings (SSSR count). The van der Waals surface area contributed by atoms with Crippen molar-refractivity contribution in [2.24, 2.45) is 0 Å². The van der Waals surface area contributed by atoms with Gasteiger partial charge < -0.3 is 9.72 Å². The number of hydrogen-bond acceptors (Lipinski definition) is 3. The van der Waals surface area contributed by atoms with Crippen molar-refractivity contribution in [2.75, 3.05) is 7.11 Å². The van der Waals surface area contributed by atoms with Gasteiger partial charge >= 0.3 is 0 Å². The first kappa shape index (κ1) is 13.5. The maximum Gasteiger partial charge on any atom is 0.255 e.